The largest absolute Gasteiger partial charge is 0.497 e. The molecule has 2 rings (SSSR count). The van der Waals surface area contributed by atoms with Gasteiger partial charge in [0, 0.05) is 6.07 Å². The van der Waals surface area contributed by atoms with Crippen LogP contribution in [0.3, 0.4) is 0 Å². The molecule has 0 amide bonds. The van der Waals surface area contributed by atoms with Gasteiger partial charge in [-0.2, -0.15) is 5.10 Å². The Hall–Kier alpha value is -0.740. The van der Waals surface area contributed by atoms with Gasteiger partial charge in [0.05, 0.1) is 23.0 Å². The third kappa shape index (κ3) is 1.40. The zero-order valence-electron chi connectivity index (χ0n) is 6.77. The van der Waals surface area contributed by atoms with Gasteiger partial charge < -0.3 is 4.74 Å². The molecule has 1 N–H and O–H groups in total. The van der Waals surface area contributed by atoms with Crippen molar-refractivity contribution in [3.63, 3.8) is 0 Å². The molecule has 0 aliphatic carbocycles. The Morgan fingerprint density at radius 1 is 1.54 bits per heavy atom. The smallest absolute Gasteiger partial charge is 0.122 e. The first-order chi connectivity index (χ1) is 6.22. The van der Waals surface area contributed by atoms with E-state index in [0.717, 1.165) is 15.5 Å². The summed E-state index contributed by atoms with van der Waals surface area (Å²) in [6.45, 7) is 0. The first kappa shape index (κ1) is 8.84. The molecule has 0 atom stereocenters. The zero-order valence-corrected chi connectivity index (χ0v) is 9.11. The van der Waals surface area contributed by atoms with Gasteiger partial charge in [-0.15, -0.1) is 0 Å². The first-order valence-corrected chi connectivity index (χ1v) is 4.76. The summed E-state index contributed by atoms with van der Waals surface area (Å²) in [4.78, 5) is 0. The van der Waals surface area contributed by atoms with Gasteiger partial charge >= 0.3 is 0 Å². The minimum atomic E-state index is 0.620. The second-order valence-corrected chi connectivity index (χ2v) is 3.74. The molecule has 3 nitrogen and oxygen atoms in total. The summed E-state index contributed by atoms with van der Waals surface area (Å²) in [6.07, 6.45) is 0. The number of nitrogens with one attached hydrogen (secondary N) is 1. The van der Waals surface area contributed by atoms with Crippen LogP contribution in [0.5, 0.6) is 5.75 Å². The van der Waals surface area contributed by atoms with Crippen molar-refractivity contribution in [3.8, 4) is 5.75 Å². The highest BCUT2D eigenvalue weighted by molar-refractivity contribution is 9.10. The first-order valence-electron chi connectivity index (χ1n) is 3.59. The van der Waals surface area contributed by atoms with Crippen LogP contribution < -0.4 is 4.74 Å². The quantitative estimate of drug-likeness (QED) is 0.857. The van der Waals surface area contributed by atoms with Crippen LogP contribution in [0.1, 0.15) is 0 Å². The van der Waals surface area contributed by atoms with Crippen LogP contribution in [0.15, 0.2) is 16.7 Å². The van der Waals surface area contributed by atoms with Crippen molar-refractivity contribution >= 4 is 38.4 Å². The third-order valence-electron chi connectivity index (χ3n) is 1.77. The van der Waals surface area contributed by atoms with Crippen LogP contribution in [0, 0.1) is 0 Å². The summed E-state index contributed by atoms with van der Waals surface area (Å²) in [5.74, 6) is 0.705. The topological polar surface area (TPSA) is 37.9 Å². The Kier molecular flexibility index (Phi) is 2.17. The highest BCUT2D eigenvalue weighted by Gasteiger charge is 2.08. The summed E-state index contributed by atoms with van der Waals surface area (Å²) >= 11 is 9.34. The molecule has 0 aliphatic rings. The molecule has 0 spiro atoms. The van der Waals surface area contributed by atoms with Crippen LogP contribution >= 0.6 is 27.5 Å². The van der Waals surface area contributed by atoms with E-state index in [9.17, 15) is 0 Å². The lowest BCUT2D eigenvalue weighted by molar-refractivity contribution is 0.415. The van der Waals surface area contributed by atoms with E-state index in [1.54, 1.807) is 13.2 Å². The molecular weight excluding hydrogens is 255 g/mol. The summed E-state index contributed by atoms with van der Waals surface area (Å²) in [7, 11) is 1.60. The summed E-state index contributed by atoms with van der Waals surface area (Å²) in [6, 6.07) is 3.58. The Morgan fingerprint density at radius 3 is 3.00 bits per heavy atom. The van der Waals surface area contributed by atoms with Crippen LogP contribution in [0.4, 0.5) is 0 Å². The zero-order chi connectivity index (χ0) is 9.42. The van der Waals surface area contributed by atoms with Gasteiger partial charge in [-0.25, -0.2) is 0 Å². The molecule has 0 saturated carbocycles. The minimum absolute atomic E-state index is 0.620. The lowest BCUT2D eigenvalue weighted by Gasteiger charge is -2.00. The van der Waals surface area contributed by atoms with Crippen molar-refractivity contribution in [2.45, 2.75) is 0 Å². The predicted octanol–water partition coefficient (Wildman–Crippen LogP) is 2.99. The molecule has 0 bridgehead atoms. The molecule has 0 aliphatic heterocycles. The molecule has 1 aromatic heterocycles. The van der Waals surface area contributed by atoms with Gasteiger partial charge in [-0.1, -0.05) is 11.6 Å². The number of H-pyrrole nitrogens is 1. The minimum Gasteiger partial charge on any atom is -0.497 e. The van der Waals surface area contributed by atoms with Crippen molar-refractivity contribution < 1.29 is 4.74 Å². The third-order valence-corrected chi connectivity index (χ3v) is 2.64. The predicted molar refractivity (Wildman–Crippen MR) is 55.4 cm³/mol. The number of methoxy groups -OCH3 is 1. The van der Waals surface area contributed by atoms with Crippen molar-refractivity contribution in [3.05, 3.63) is 21.8 Å². The molecule has 13 heavy (non-hydrogen) atoms. The van der Waals surface area contributed by atoms with E-state index in [2.05, 4.69) is 26.1 Å². The molecule has 68 valence electrons. The summed E-state index contributed by atoms with van der Waals surface area (Å²) < 4.78 is 5.85. The highest BCUT2D eigenvalue weighted by Crippen LogP contribution is 2.32. The molecule has 2 aromatic rings. The van der Waals surface area contributed by atoms with E-state index in [-0.39, 0.29) is 0 Å². The van der Waals surface area contributed by atoms with Crippen LogP contribution in [-0.4, -0.2) is 17.3 Å². The number of aromatic nitrogens is 2. The number of hydrogen-bond donors (Lipinski definition) is 1. The van der Waals surface area contributed by atoms with E-state index in [1.165, 1.54) is 0 Å². The van der Waals surface area contributed by atoms with E-state index in [1.807, 2.05) is 6.07 Å². The Bertz CT molecular complexity index is 455. The SMILES string of the molecule is COc1cc(Cl)c2c(Br)[nH]nc2c1. The normalized spacial score (nSPS) is 10.7. The van der Waals surface area contributed by atoms with Gasteiger partial charge in [0.2, 0.25) is 0 Å². The summed E-state index contributed by atoms with van der Waals surface area (Å²) in [5, 5.41) is 8.34. The lowest BCUT2D eigenvalue weighted by Crippen LogP contribution is -1.82. The molecule has 0 unspecified atom stereocenters. The number of halogens is 2. The molecule has 0 fully saturated rings. The van der Waals surface area contributed by atoms with Gasteiger partial charge in [0.15, 0.2) is 0 Å². The van der Waals surface area contributed by atoms with E-state index < -0.39 is 0 Å². The second-order valence-electron chi connectivity index (χ2n) is 2.54. The monoisotopic (exact) mass is 260 g/mol. The molecular formula is C8H6BrClN2O. The molecule has 0 radical (unpaired) electrons. The van der Waals surface area contributed by atoms with E-state index >= 15 is 0 Å². The standard InChI is InChI=1S/C8H6BrClN2O/c1-13-4-2-5(10)7-6(3-4)11-12-8(7)9/h2-3H,1H3,(H,11,12). The van der Waals surface area contributed by atoms with Crippen molar-refractivity contribution in [2.24, 2.45) is 0 Å². The number of rotatable bonds is 1. The highest BCUT2D eigenvalue weighted by atomic mass is 79.9. The van der Waals surface area contributed by atoms with Crippen molar-refractivity contribution in [2.75, 3.05) is 7.11 Å². The number of benzene rings is 1. The second kappa shape index (κ2) is 3.20. The molecule has 1 aromatic carbocycles. The van der Waals surface area contributed by atoms with Gasteiger partial charge in [-0.05, 0) is 22.0 Å². The number of nitrogens with zero attached hydrogens (tertiary/aromatic N) is 1. The van der Waals surface area contributed by atoms with Crippen LogP contribution in [0.25, 0.3) is 10.9 Å². The average molecular weight is 262 g/mol. The molecule has 0 saturated heterocycles. The Balaban J connectivity index is 2.79. The Labute approximate surface area is 88.2 Å². The fourth-order valence-electron chi connectivity index (χ4n) is 1.16. The average Bonchev–Trinajstić information content (AvgIpc) is 2.48. The summed E-state index contributed by atoms with van der Waals surface area (Å²) in [5.41, 5.74) is 0.788. The van der Waals surface area contributed by atoms with Crippen LogP contribution in [-0.2, 0) is 0 Å². The maximum atomic E-state index is 6.02. The van der Waals surface area contributed by atoms with Gasteiger partial charge in [0.25, 0.3) is 0 Å². The van der Waals surface area contributed by atoms with E-state index in [0.29, 0.717) is 10.8 Å². The molecule has 1 heterocycles. The number of hydrogen-bond acceptors (Lipinski definition) is 2. The lowest BCUT2D eigenvalue weighted by atomic mass is 10.2. The Morgan fingerprint density at radius 2 is 2.31 bits per heavy atom. The molecule has 5 heteroatoms. The van der Waals surface area contributed by atoms with E-state index in [4.69, 9.17) is 16.3 Å². The number of aromatic amines is 1. The maximum absolute atomic E-state index is 6.02. The maximum Gasteiger partial charge on any atom is 0.122 e. The van der Waals surface area contributed by atoms with Crippen molar-refractivity contribution in [1.82, 2.24) is 10.2 Å². The number of ether oxygens (including phenoxy) is 1. The van der Waals surface area contributed by atoms with Gasteiger partial charge in [-0.3, -0.25) is 5.10 Å². The van der Waals surface area contributed by atoms with Crippen LogP contribution in [0.2, 0.25) is 5.02 Å². The van der Waals surface area contributed by atoms with Gasteiger partial charge in [0.1, 0.15) is 10.4 Å². The number of fused-ring (bicyclic) bond motifs is 1. The fourth-order valence-corrected chi connectivity index (χ4v) is 2.07. The fraction of sp³-hybridized carbons (Fsp3) is 0.125. The van der Waals surface area contributed by atoms with Crippen molar-refractivity contribution in [1.29, 1.82) is 0 Å².